The summed E-state index contributed by atoms with van der Waals surface area (Å²) in [6.45, 7) is 8.15. The molecule has 2 nitrogen and oxygen atoms in total. The van der Waals surface area contributed by atoms with E-state index >= 15 is 0 Å². The molecule has 0 N–H and O–H groups in total. The first-order valence-electron chi connectivity index (χ1n) is 10.4. The summed E-state index contributed by atoms with van der Waals surface area (Å²) in [4.78, 5) is 5.10. The third-order valence-electron chi connectivity index (χ3n) is 5.72. The van der Waals surface area contributed by atoms with Crippen molar-refractivity contribution in [3.05, 3.63) is 106 Å². The lowest BCUT2D eigenvalue weighted by molar-refractivity contribution is -0.00911. The Balaban J connectivity index is 1.63. The molecule has 3 heteroatoms. The topological polar surface area (TPSA) is 6.48 Å². The van der Waals surface area contributed by atoms with E-state index in [0.717, 1.165) is 38.2 Å². The van der Waals surface area contributed by atoms with Gasteiger partial charge >= 0.3 is 0 Å². The van der Waals surface area contributed by atoms with Crippen molar-refractivity contribution in [2.24, 2.45) is 0 Å². The number of nitrogens with zero attached hydrogens (tertiary/aromatic N) is 2. The predicted octanol–water partition coefficient (Wildman–Crippen LogP) is 5.85. The first-order chi connectivity index (χ1) is 14.1. The van der Waals surface area contributed by atoms with Gasteiger partial charge in [-0.05, 0) is 49.1 Å². The molecule has 1 aliphatic rings. The summed E-state index contributed by atoms with van der Waals surface area (Å²) in [5, 5.41) is 0. The van der Waals surface area contributed by atoms with Gasteiger partial charge in [-0.3, -0.25) is 9.80 Å². The van der Waals surface area contributed by atoms with Gasteiger partial charge in [-0.1, -0.05) is 71.8 Å². The van der Waals surface area contributed by atoms with Crippen LogP contribution in [0.1, 0.15) is 40.4 Å². The largest absolute Gasteiger partial charge is 0.280 e. The number of hydrogen-bond donors (Lipinski definition) is 0. The quantitative estimate of drug-likeness (QED) is 0.541. The number of aryl methyl sites for hydroxylation is 2. The first-order valence-corrected chi connectivity index (χ1v) is 10.4. The lowest BCUT2D eigenvalue weighted by atomic mass is 10.0. The van der Waals surface area contributed by atoms with Crippen molar-refractivity contribution in [3.63, 3.8) is 0 Å². The zero-order valence-electron chi connectivity index (χ0n) is 17.3. The normalized spacial score (nSPS) is 18.1. The first kappa shape index (κ1) is 19.8. The molecule has 1 atom stereocenters. The Hall–Kier alpha value is -2.49. The summed E-state index contributed by atoms with van der Waals surface area (Å²) in [5.41, 5.74) is 6.41. The Morgan fingerprint density at radius 1 is 0.759 bits per heavy atom. The third kappa shape index (κ3) is 4.92. The molecular weight excluding hydrogens is 359 g/mol. The molecule has 29 heavy (non-hydrogen) atoms. The summed E-state index contributed by atoms with van der Waals surface area (Å²) in [6, 6.07) is 24.6. The van der Waals surface area contributed by atoms with Gasteiger partial charge in [0, 0.05) is 26.2 Å². The summed E-state index contributed by atoms with van der Waals surface area (Å²) < 4.78 is 13.4. The van der Waals surface area contributed by atoms with Gasteiger partial charge in [-0.25, -0.2) is 4.39 Å². The van der Waals surface area contributed by atoms with E-state index in [1.807, 2.05) is 12.1 Å². The molecule has 3 aromatic rings. The lowest BCUT2D eigenvalue weighted by Crippen LogP contribution is -2.46. The van der Waals surface area contributed by atoms with Gasteiger partial charge in [0.15, 0.2) is 0 Å². The van der Waals surface area contributed by atoms with E-state index < -0.39 is 0 Å². The highest BCUT2D eigenvalue weighted by molar-refractivity contribution is 5.26. The van der Waals surface area contributed by atoms with Crippen LogP contribution >= 0.6 is 0 Å². The van der Waals surface area contributed by atoms with Crippen molar-refractivity contribution in [2.75, 3.05) is 13.1 Å². The maximum atomic E-state index is 13.4. The Kier molecular flexibility index (Phi) is 6.08. The molecule has 4 rings (SSSR count). The molecule has 0 bridgehead atoms. The fourth-order valence-corrected chi connectivity index (χ4v) is 4.31. The van der Waals surface area contributed by atoms with Crippen molar-refractivity contribution in [1.82, 2.24) is 9.80 Å². The monoisotopic (exact) mass is 388 g/mol. The number of rotatable bonds is 5. The summed E-state index contributed by atoms with van der Waals surface area (Å²) in [6.07, 6.45) is 1.35. The minimum Gasteiger partial charge on any atom is -0.280 e. The maximum absolute atomic E-state index is 13.4. The van der Waals surface area contributed by atoms with Crippen LogP contribution in [0.4, 0.5) is 4.39 Å². The fraction of sp³-hybridized carbons (Fsp3) is 0.308. The second-order valence-corrected chi connectivity index (χ2v) is 8.19. The molecule has 0 radical (unpaired) electrons. The highest BCUT2D eigenvalue weighted by Crippen LogP contribution is 2.32. The van der Waals surface area contributed by atoms with Gasteiger partial charge in [-0.2, -0.15) is 0 Å². The molecule has 0 aliphatic carbocycles. The molecular formula is C26H29FN2. The standard InChI is InChI=1S/C26H29FN2/c1-20-7-11-24(12-8-20)26-28(18-22-9-13-25(27)14-10-22)15-4-16-29(26)19-23-6-3-5-21(2)17-23/h3,5-14,17,26H,4,15-16,18-19H2,1-2H3/t26-/m0/s1. The van der Waals surface area contributed by atoms with Crippen LogP contribution in [0.15, 0.2) is 72.8 Å². The van der Waals surface area contributed by atoms with Gasteiger partial charge in [0.25, 0.3) is 0 Å². The molecule has 0 spiro atoms. The molecule has 150 valence electrons. The van der Waals surface area contributed by atoms with E-state index in [2.05, 4.69) is 72.2 Å². The molecule has 0 unspecified atom stereocenters. The van der Waals surface area contributed by atoms with Crippen LogP contribution in [0, 0.1) is 19.7 Å². The average Bonchev–Trinajstić information content (AvgIpc) is 2.71. The number of benzene rings is 3. The maximum Gasteiger partial charge on any atom is 0.123 e. The summed E-state index contributed by atoms with van der Waals surface area (Å²) in [7, 11) is 0. The van der Waals surface area contributed by atoms with Gasteiger partial charge in [0.1, 0.15) is 5.82 Å². The molecule has 1 heterocycles. The van der Waals surface area contributed by atoms with Crippen LogP contribution in [0.5, 0.6) is 0 Å². The molecule has 1 aliphatic heterocycles. The molecule has 0 saturated carbocycles. The Labute approximate surface area is 173 Å². The number of hydrogen-bond acceptors (Lipinski definition) is 2. The Morgan fingerprint density at radius 2 is 1.41 bits per heavy atom. The van der Waals surface area contributed by atoms with Crippen molar-refractivity contribution < 1.29 is 4.39 Å². The van der Waals surface area contributed by atoms with Crippen LogP contribution in [0.3, 0.4) is 0 Å². The highest BCUT2D eigenvalue weighted by Gasteiger charge is 2.30. The zero-order chi connectivity index (χ0) is 20.2. The van der Waals surface area contributed by atoms with Crippen molar-refractivity contribution >= 4 is 0 Å². The summed E-state index contributed by atoms with van der Waals surface area (Å²) >= 11 is 0. The Bertz CT molecular complexity index is 934. The van der Waals surface area contributed by atoms with Gasteiger partial charge in [0.05, 0.1) is 6.17 Å². The third-order valence-corrected chi connectivity index (χ3v) is 5.72. The average molecular weight is 389 g/mol. The smallest absolute Gasteiger partial charge is 0.123 e. The van der Waals surface area contributed by atoms with Crippen LogP contribution in [0.2, 0.25) is 0 Å². The van der Waals surface area contributed by atoms with Crippen LogP contribution in [-0.4, -0.2) is 22.9 Å². The van der Waals surface area contributed by atoms with Crippen LogP contribution in [-0.2, 0) is 13.1 Å². The molecule has 1 fully saturated rings. The zero-order valence-corrected chi connectivity index (χ0v) is 17.3. The second kappa shape index (κ2) is 8.89. The van der Waals surface area contributed by atoms with E-state index in [1.165, 1.54) is 22.3 Å². The van der Waals surface area contributed by atoms with E-state index in [9.17, 15) is 4.39 Å². The minimum atomic E-state index is -0.177. The van der Waals surface area contributed by atoms with Crippen LogP contribution < -0.4 is 0 Å². The van der Waals surface area contributed by atoms with Gasteiger partial charge in [-0.15, -0.1) is 0 Å². The minimum absolute atomic E-state index is 0.177. The Morgan fingerprint density at radius 3 is 2.07 bits per heavy atom. The second-order valence-electron chi connectivity index (χ2n) is 8.19. The fourth-order valence-electron chi connectivity index (χ4n) is 4.31. The van der Waals surface area contributed by atoms with Gasteiger partial charge < -0.3 is 0 Å². The molecule has 1 saturated heterocycles. The van der Waals surface area contributed by atoms with Gasteiger partial charge in [0.2, 0.25) is 0 Å². The van der Waals surface area contributed by atoms with Crippen molar-refractivity contribution in [2.45, 2.75) is 39.5 Å². The number of halogens is 1. The van der Waals surface area contributed by atoms with E-state index in [4.69, 9.17) is 0 Å². The van der Waals surface area contributed by atoms with Crippen molar-refractivity contribution in [1.29, 1.82) is 0 Å². The van der Waals surface area contributed by atoms with Crippen molar-refractivity contribution in [3.8, 4) is 0 Å². The predicted molar refractivity (Wildman–Crippen MR) is 117 cm³/mol. The highest BCUT2D eigenvalue weighted by atomic mass is 19.1. The van der Waals surface area contributed by atoms with E-state index in [1.54, 1.807) is 12.1 Å². The molecule has 0 amide bonds. The summed E-state index contributed by atoms with van der Waals surface area (Å²) in [5.74, 6) is -0.177. The molecule has 3 aromatic carbocycles. The van der Waals surface area contributed by atoms with Crippen LogP contribution in [0.25, 0.3) is 0 Å². The van der Waals surface area contributed by atoms with E-state index in [0.29, 0.717) is 0 Å². The SMILES string of the molecule is Cc1ccc([C@H]2N(Cc3ccc(F)cc3)CCCN2Cc2cccc(C)c2)cc1. The van der Waals surface area contributed by atoms with E-state index in [-0.39, 0.29) is 12.0 Å². The molecule has 0 aromatic heterocycles. The lowest BCUT2D eigenvalue weighted by Gasteiger charge is -2.44.